The van der Waals surface area contributed by atoms with Gasteiger partial charge in [0, 0.05) is 0 Å². The van der Waals surface area contributed by atoms with Crippen molar-refractivity contribution in [2.45, 2.75) is 35.1 Å². The topological polar surface area (TPSA) is 54.0 Å². The van der Waals surface area contributed by atoms with Crippen molar-refractivity contribution in [1.82, 2.24) is 0 Å². The maximum atomic E-state index is 12.5. The number of hydrogen-bond acceptors (Lipinski definition) is 5. The Morgan fingerprint density at radius 3 is 2.46 bits per heavy atom. The van der Waals surface area contributed by atoms with Crippen LogP contribution in [0, 0.1) is 0 Å². The Kier molecular flexibility index (Phi) is 5.54. The van der Waals surface area contributed by atoms with E-state index in [9.17, 15) is 4.79 Å². The second-order valence-corrected chi connectivity index (χ2v) is 7.76. The Morgan fingerprint density at radius 2 is 1.73 bits per heavy atom. The quantitative estimate of drug-likeness (QED) is 0.385. The molecule has 2 fully saturated rings. The molecule has 0 spiro atoms. The molecule has 6 heteroatoms. The van der Waals surface area contributed by atoms with Gasteiger partial charge in [-0.25, -0.2) is 4.79 Å². The summed E-state index contributed by atoms with van der Waals surface area (Å²) in [5, 5.41) is 0. The van der Waals surface area contributed by atoms with E-state index in [1.165, 1.54) is 0 Å². The predicted octanol–water partition coefficient (Wildman–Crippen LogP) is 3.36. The fourth-order valence-electron chi connectivity index (χ4n) is 3.19. The first kappa shape index (κ1) is 17.9. The average molecular weight is 466 g/mol. The number of carbonyl (C=O) groups is 1. The zero-order valence-electron chi connectivity index (χ0n) is 14.0. The molecule has 2 saturated heterocycles. The average Bonchev–Trinajstić information content (AvgIpc) is 3.14. The van der Waals surface area contributed by atoms with Crippen molar-refractivity contribution < 1.29 is 23.7 Å². The van der Waals surface area contributed by atoms with Crippen molar-refractivity contribution in [2.24, 2.45) is 0 Å². The fraction of sp³-hybridized carbons (Fsp3) is 0.350. The van der Waals surface area contributed by atoms with Crippen LogP contribution in [0.3, 0.4) is 0 Å². The lowest BCUT2D eigenvalue weighted by Crippen LogP contribution is -2.54. The van der Waals surface area contributed by atoms with E-state index >= 15 is 0 Å². The zero-order chi connectivity index (χ0) is 17.9. The van der Waals surface area contributed by atoms with Gasteiger partial charge >= 0.3 is 5.97 Å². The number of rotatable bonds is 5. The Hall–Kier alpha value is -1.48. The summed E-state index contributed by atoms with van der Waals surface area (Å²) in [7, 11) is 0. The van der Waals surface area contributed by atoms with E-state index in [-0.39, 0.29) is 28.4 Å². The Bertz CT molecular complexity index is 738. The van der Waals surface area contributed by atoms with Crippen LogP contribution in [0.4, 0.5) is 0 Å². The number of esters is 1. The number of halogens is 1. The van der Waals surface area contributed by atoms with Crippen molar-refractivity contribution in [3.8, 4) is 0 Å². The molecule has 5 atom stereocenters. The molecule has 2 aromatic rings. The summed E-state index contributed by atoms with van der Waals surface area (Å²) in [6.07, 6.45) is -1.44. The van der Waals surface area contributed by atoms with E-state index in [0.29, 0.717) is 18.8 Å². The van der Waals surface area contributed by atoms with Crippen LogP contribution < -0.4 is 0 Å². The van der Waals surface area contributed by atoms with E-state index in [0.717, 1.165) is 5.56 Å². The molecule has 2 heterocycles. The largest absolute Gasteiger partial charge is 0.453 e. The highest BCUT2D eigenvalue weighted by Crippen LogP contribution is 2.36. The van der Waals surface area contributed by atoms with Gasteiger partial charge in [-0.15, -0.1) is 0 Å². The van der Waals surface area contributed by atoms with E-state index in [1.54, 1.807) is 12.1 Å². The summed E-state index contributed by atoms with van der Waals surface area (Å²) in [5.41, 5.74) is 1.59. The summed E-state index contributed by atoms with van der Waals surface area (Å²) in [4.78, 5) is 12.5. The highest BCUT2D eigenvalue weighted by atomic mass is 127. The number of carbonyl (C=O) groups excluding carboxylic acids is 1. The summed E-state index contributed by atoms with van der Waals surface area (Å²) in [5.74, 6) is -0.374. The van der Waals surface area contributed by atoms with E-state index in [1.807, 2.05) is 48.5 Å². The van der Waals surface area contributed by atoms with Crippen LogP contribution in [-0.2, 0) is 25.6 Å². The molecule has 0 N–H and O–H groups in total. The lowest BCUT2D eigenvalue weighted by atomic mass is 10.0. The summed E-state index contributed by atoms with van der Waals surface area (Å²) < 4.78 is 23.4. The highest BCUT2D eigenvalue weighted by Gasteiger charge is 2.52. The number of hydrogen-bond donors (Lipinski definition) is 0. The Morgan fingerprint density at radius 1 is 1.04 bits per heavy atom. The fourth-order valence-corrected chi connectivity index (χ4v) is 4.18. The van der Waals surface area contributed by atoms with Crippen molar-refractivity contribution in [3.05, 3.63) is 71.8 Å². The minimum Gasteiger partial charge on any atom is -0.453 e. The van der Waals surface area contributed by atoms with Gasteiger partial charge in [0.1, 0.15) is 12.2 Å². The molecule has 0 saturated carbocycles. The van der Waals surface area contributed by atoms with Crippen molar-refractivity contribution in [3.63, 3.8) is 0 Å². The van der Waals surface area contributed by atoms with Crippen molar-refractivity contribution >= 4 is 28.6 Å². The smallest absolute Gasteiger partial charge is 0.338 e. The molecule has 4 rings (SSSR count). The third-order valence-electron chi connectivity index (χ3n) is 4.54. The summed E-state index contributed by atoms with van der Waals surface area (Å²) in [6, 6.07) is 18.9. The van der Waals surface area contributed by atoms with Crippen LogP contribution >= 0.6 is 22.6 Å². The normalized spacial score (nSPS) is 30.1. The molecule has 26 heavy (non-hydrogen) atoms. The molecule has 2 aliphatic rings. The van der Waals surface area contributed by atoms with Gasteiger partial charge in [0.25, 0.3) is 0 Å². The van der Waals surface area contributed by atoms with E-state index < -0.39 is 6.10 Å². The molecule has 0 radical (unpaired) electrons. The van der Waals surface area contributed by atoms with Crippen LogP contribution in [-0.4, -0.2) is 41.1 Å². The number of fused-ring (bicyclic) bond motifs is 2. The van der Waals surface area contributed by atoms with Crippen LogP contribution in [0.2, 0.25) is 0 Å². The number of alkyl halides is 1. The SMILES string of the molecule is O=C(O[C@H]1[C@H](OCc2ccccc2)[C@H](I)[C@H]2OC[C@@H]1O2)c1ccccc1. The monoisotopic (exact) mass is 466 g/mol. The van der Waals surface area contributed by atoms with E-state index in [4.69, 9.17) is 18.9 Å². The minimum atomic E-state index is -0.507. The van der Waals surface area contributed by atoms with Gasteiger partial charge in [-0.2, -0.15) is 0 Å². The second kappa shape index (κ2) is 8.04. The van der Waals surface area contributed by atoms with Crippen LogP contribution in [0.25, 0.3) is 0 Å². The van der Waals surface area contributed by atoms with Gasteiger partial charge in [-0.3, -0.25) is 0 Å². The first-order valence-electron chi connectivity index (χ1n) is 8.55. The molecule has 0 amide bonds. The standard InChI is InChI=1S/C20H19IO5/c21-16-18(23-11-13-7-3-1-4-8-13)17(15-12-24-20(16)25-15)26-19(22)14-9-5-2-6-10-14/h1-10,15-18,20H,11-12H2/t15-,16-,17+,18+,20-/m0/s1. The zero-order valence-corrected chi connectivity index (χ0v) is 16.2. The van der Waals surface area contributed by atoms with Gasteiger partial charge < -0.3 is 18.9 Å². The summed E-state index contributed by atoms with van der Waals surface area (Å²) in [6.45, 7) is 0.853. The van der Waals surface area contributed by atoms with Crippen molar-refractivity contribution in [1.29, 1.82) is 0 Å². The highest BCUT2D eigenvalue weighted by molar-refractivity contribution is 14.1. The molecule has 2 bridgehead atoms. The maximum absolute atomic E-state index is 12.5. The van der Waals surface area contributed by atoms with Crippen LogP contribution in [0.1, 0.15) is 15.9 Å². The third kappa shape index (κ3) is 3.78. The van der Waals surface area contributed by atoms with Gasteiger partial charge in [0.15, 0.2) is 12.4 Å². The minimum absolute atomic E-state index is 0.0661. The van der Waals surface area contributed by atoms with Crippen LogP contribution in [0.15, 0.2) is 60.7 Å². The maximum Gasteiger partial charge on any atom is 0.338 e. The molecule has 0 unspecified atom stereocenters. The van der Waals surface area contributed by atoms with Gasteiger partial charge in [-0.1, -0.05) is 71.1 Å². The molecule has 136 valence electrons. The molecular formula is C20H19IO5. The number of benzene rings is 2. The van der Waals surface area contributed by atoms with E-state index in [2.05, 4.69) is 22.6 Å². The molecule has 2 aliphatic heterocycles. The van der Waals surface area contributed by atoms with Gasteiger partial charge in [-0.05, 0) is 17.7 Å². The Balaban J connectivity index is 1.50. The number of ether oxygens (including phenoxy) is 4. The lowest BCUT2D eigenvalue weighted by Gasteiger charge is -2.37. The molecule has 2 aromatic carbocycles. The predicted molar refractivity (Wildman–Crippen MR) is 103 cm³/mol. The first-order valence-corrected chi connectivity index (χ1v) is 9.79. The van der Waals surface area contributed by atoms with Crippen LogP contribution in [0.5, 0.6) is 0 Å². The first-order chi connectivity index (χ1) is 12.7. The summed E-state index contributed by atoms with van der Waals surface area (Å²) >= 11 is 2.26. The second-order valence-electron chi connectivity index (χ2n) is 6.32. The Labute approximate surface area is 165 Å². The molecular weight excluding hydrogens is 447 g/mol. The third-order valence-corrected chi connectivity index (χ3v) is 5.83. The van der Waals surface area contributed by atoms with Gasteiger partial charge in [0.05, 0.1) is 22.7 Å². The molecule has 0 aromatic heterocycles. The lowest BCUT2D eigenvalue weighted by molar-refractivity contribution is -0.176. The molecule has 5 nitrogen and oxygen atoms in total. The van der Waals surface area contributed by atoms with Gasteiger partial charge in [0.2, 0.25) is 0 Å². The molecule has 0 aliphatic carbocycles. The van der Waals surface area contributed by atoms with Crippen molar-refractivity contribution in [2.75, 3.05) is 6.61 Å².